The second-order valence-electron chi connectivity index (χ2n) is 7.05. The standard InChI is InChI=1S/C19H30BrN3O/c1-6-23(5)12-21-18-11-17(20)19(22-15(18)4)24-16-9-7-13(2)14(3)8-10-16/h11-14,16H,6-10H2,1-5H3. The van der Waals surface area contributed by atoms with Crippen molar-refractivity contribution in [3.63, 3.8) is 0 Å². The van der Waals surface area contributed by atoms with Crippen LogP contribution in [-0.4, -0.2) is 35.9 Å². The average molecular weight is 396 g/mol. The predicted octanol–water partition coefficient (Wildman–Crippen LogP) is 5.36. The summed E-state index contributed by atoms with van der Waals surface area (Å²) < 4.78 is 7.10. The van der Waals surface area contributed by atoms with Gasteiger partial charge in [-0.2, -0.15) is 0 Å². The molecule has 0 radical (unpaired) electrons. The number of aromatic nitrogens is 1. The lowest BCUT2D eigenvalue weighted by Crippen LogP contribution is -2.16. The van der Waals surface area contributed by atoms with Gasteiger partial charge in [-0.1, -0.05) is 13.8 Å². The number of aliphatic imine (C=N–C) groups is 1. The molecule has 1 aliphatic carbocycles. The summed E-state index contributed by atoms with van der Waals surface area (Å²) >= 11 is 3.60. The molecule has 0 aromatic carbocycles. The van der Waals surface area contributed by atoms with Gasteiger partial charge in [0.15, 0.2) is 0 Å². The van der Waals surface area contributed by atoms with Crippen LogP contribution in [0.5, 0.6) is 5.88 Å². The third kappa shape index (κ3) is 5.20. The monoisotopic (exact) mass is 395 g/mol. The lowest BCUT2D eigenvalue weighted by molar-refractivity contribution is 0.173. The molecule has 1 saturated carbocycles. The van der Waals surface area contributed by atoms with Crippen molar-refractivity contribution in [3.05, 3.63) is 16.2 Å². The van der Waals surface area contributed by atoms with Gasteiger partial charge in [-0.3, -0.25) is 0 Å². The summed E-state index contributed by atoms with van der Waals surface area (Å²) in [6.45, 7) is 9.71. The van der Waals surface area contributed by atoms with E-state index in [1.54, 1.807) is 0 Å². The number of ether oxygens (including phenoxy) is 1. The average Bonchev–Trinajstić information content (AvgIpc) is 2.72. The minimum absolute atomic E-state index is 0.265. The van der Waals surface area contributed by atoms with Crippen molar-refractivity contribution in [2.75, 3.05) is 13.6 Å². The number of pyridine rings is 1. The molecule has 4 nitrogen and oxygen atoms in total. The molecule has 134 valence electrons. The molecule has 5 heteroatoms. The predicted molar refractivity (Wildman–Crippen MR) is 104 cm³/mol. The Morgan fingerprint density at radius 3 is 2.50 bits per heavy atom. The Kier molecular flexibility index (Phi) is 7.08. The second kappa shape index (κ2) is 8.84. The molecule has 2 unspecified atom stereocenters. The smallest absolute Gasteiger partial charge is 0.228 e. The molecule has 1 fully saturated rings. The molecule has 0 amide bonds. The first-order valence-corrected chi connectivity index (χ1v) is 9.78. The Morgan fingerprint density at radius 2 is 1.92 bits per heavy atom. The first-order valence-electron chi connectivity index (χ1n) is 8.98. The summed E-state index contributed by atoms with van der Waals surface area (Å²) in [5.74, 6) is 2.26. The molecule has 1 aliphatic rings. The van der Waals surface area contributed by atoms with E-state index in [9.17, 15) is 0 Å². The number of halogens is 1. The number of hydrogen-bond acceptors (Lipinski definition) is 3. The second-order valence-corrected chi connectivity index (χ2v) is 7.90. The maximum Gasteiger partial charge on any atom is 0.228 e. The molecule has 1 heterocycles. The molecule has 2 atom stereocenters. The Hall–Kier alpha value is -1.10. The number of aryl methyl sites for hydroxylation is 1. The molecule has 0 spiro atoms. The highest BCUT2D eigenvalue weighted by Gasteiger charge is 2.23. The maximum atomic E-state index is 6.23. The lowest BCUT2D eigenvalue weighted by atomic mass is 9.92. The number of hydrogen-bond donors (Lipinski definition) is 0. The van der Waals surface area contributed by atoms with E-state index in [0.717, 1.165) is 47.1 Å². The molecule has 24 heavy (non-hydrogen) atoms. The fraction of sp³-hybridized carbons (Fsp3) is 0.684. The van der Waals surface area contributed by atoms with Crippen molar-refractivity contribution in [2.24, 2.45) is 16.8 Å². The van der Waals surface area contributed by atoms with Gasteiger partial charge in [0.1, 0.15) is 6.10 Å². The normalized spacial score (nSPS) is 24.8. The largest absolute Gasteiger partial charge is 0.474 e. The van der Waals surface area contributed by atoms with Crippen molar-refractivity contribution >= 4 is 28.0 Å². The highest BCUT2D eigenvalue weighted by Crippen LogP contribution is 2.34. The Labute approximate surface area is 154 Å². The molecule has 1 aromatic heterocycles. The maximum absolute atomic E-state index is 6.23. The van der Waals surface area contributed by atoms with Crippen LogP contribution in [0, 0.1) is 18.8 Å². The topological polar surface area (TPSA) is 37.7 Å². The zero-order valence-corrected chi connectivity index (χ0v) is 17.1. The van der Waals surface area contributed by atoms with Gasteiger partial charge in [0, 0.05) is 13.6 Å². The zero-order chi connectivity index (χ0) is 17.7. The summed E-state index contributed by atoms with van der Waals surface area (Å²) in [7, 11) is 2.01. The minimum atomic E-state index is 0.265. The molecule has 0 N–H and O–H groups in total. The van der Waals surface area contributed by atoms with Gasteiger partial charge in [-0.05, 0) is 73.4 Å². The van der Waals surface area contributed by atoms with Crippen LogP contribution in [-0.2, 0) is 0 Å². The molecule has 1 aromatic rings. The van der Waals surface area contributed by atoms with Gasteiger partial charge < -0.3 is 9.64 Å². The van der Waals surface area contributed by atoms with Gasteiger partial charge in [-0.25, -0.2) is 9.98 Å². The first kappa shape index (κ1) is 19.2. The zero-order valence-electron chi connectivity index (χ0n) is 15.6. The summed E-state index contributed by atoms with van der Waals surface area (Å²) in [5, 5.41) is 0. The van der Waals surface area contributed by atoms with E-state index in [2.05, 4.69) is 46.7 Å². The number of rotatable bonds is 5. The Balaban J connectivity index is 2.09. The molecule has 0 aliphatic heterocycles. The van der Waals surface area contributed by atoms with Gasteiger partial charge in [0.2, 0.25) is 5.88 Å². The van der Waals surface area contributed by atoms with Crippen LogP contribution in [0.25, 0.3) is 0 Å². The van der Waals surface area contributed by atoms with E-state index >= 15 is 0 Å². The van der Waals surface area contributed by atoms with Crippen LogP contribution in [0.3, 0.4) is 0 Å². The third-order valence-corrected chi connectivity index (χ3v) is 5.71. The number of nitrogens with zero attached hydrogens (tertiary/aromatic N) is 3. The highest BCUT2D eigenvalue weighted by molar-refractivity contribution is 9.10. The van der Waals surface area contributed by atoms with Crippen molar-refractivity contribution in [2.45, 2.75) is 59.5 Å². The fourth-order valence-corrected chi connectivity index (χ4v) is 3.29. The minimum Gasteiger partial charge on any atom is -0.474 e. The van der Waals surface area contributed by atoms with Crippen molar-refractivity contribution < 1.29 is 4.74 Å². The Morgan fingerprint density at radius 1 is 1.29 bits per heavy atom. The fourth-order valence-electron chi connectivity index (χ4n) is 2.89. The van der Waals surface area contributed by atoms with Gasteiger partial charge in [0.05, 0.1) is 22.2 Å². The SMILES string of the molecule is CCN(C)C=Nc1cc(Br)c(OC2CCC(C)C(C)CC2)nc1C. The molecule has 0 saturated heterocycles. The van der Waals surface area contributed by atoms with Crippen LogP contribution in [0.4, 0.5) is 5.69 Å². The Bertz CT molecular complexity index is 564. The quantitative estimate of drug-likeness (QED) is 0.382. The molecule has 2 rings (SSSR count). The van der Waals surface area contributed by atoms with E-state index in [1.807, 2.05) is 31.3 Å². The third-order valence-electron chi connectivity index (χ3n) is 5.14. The van der Waals surface area contributed by atoms with E-state index in [-0.39, 0.29) is 6.10 Å². The van der Waals surface area contributed by atoms with Crippen LogP contribution in [0.1, 0.15) is 52.1 Å². The summed E-state index contributed by atoms with van der Waals surface area (Å²) in [6, 6.07) is 2.00. The van der Waals surface area contributed by atoms with E-state index < -0.39 is 0 Å². The van der Waals surface area contributed by atoms with Crippen LogP contribution in [0.2, 0.25) is 0 Å². The molecule has 0 bridgehead atoms. The van der Waals surface area contributed by atoms with Crippen molar-refractivity contribution in [3.8, 4) is 5.88 Å². The van der Waals surface area contributed by atoms with Crippen molar-refractivity contribution in [1.82, 2.24) is 9.88 Å². The molecular weight excluding hydrogens is 366 g/mol. The molecular formula is C19H30BrN3O. The van der Waals surface area contributed by atoms with Crippen LogP contribution < -0.4 is 4.74 Å². The van der Waals surface area contributed by atoms with Crippen LogP contribution in [0.15, 0.2) is 15.5 Å². The highest BCUT2D eigenvalue weighted by atomic mass is 79.9. The van der Waals surface area contributed by atoms with Crippen molar-refractivity contribution in [1.29, 1.82) is 0 Å². The summed E-state index contributed by atoms with van der Waals surface area (Å²) in [4.78, 5) is 11.2. The van der Waals surface area contributed by atoms with E-state index in [1.165, 1.54) is 12.8 Å². The van der Waals surface area contributed by atoms with Gasteiger partial charge in [0.25, 0.3) is 0 Å². The van der Waals surface area contributed by atoms with Crippen LogP contribution >= 0.6 is 15.9 Å². The lowest BCUT2D eigenvalue weighted by Gasteiger charge is -2.18. The van der Waals surface area contributed by atoms with Gasteiger partial charge >= 0.3 is 0 Å². The van der Waals surface area contributed by atoms with E-state index in [4.69, 9.17) is 4.74 Å². The van der Waals surface area contributed by atoms with E-state index in [0.29, 0.717) is 5.88 Å². The summed E-state index contributed by atoms with van der Waals surface area (Å²) in [6.07, 6.45) is 6.79. The first-order chi connectivity index (χ1) is 11.4. The summed E-state index contributed by atoms with van der Waals surface area (Å²) in [5.41, 5.74) is 1.77. The van der Waals surface area contributed by atoms with Gasteiger partial charge in [-0.15, -0.1) is 0 Å².